The summed E-state index contributed by atoms with van der Waals surface area (Å²) >= 11 is 2.03. The van der Waals surface area contributed by atoms with Gasteiger partial charge in [-0.1, -0.05) is 54.2 Å². The van der Waals surface area contributed by atoms with Crippen molar-refractivity contribution >= 4 is 30.9 Å². The molecule has 4 rings (SSSR count). The molecule has 0 radical (unpaired) electrons. The summed E-state index contributed by atoms with van der Waals surface area (Å²) in [6.07, 6.45) is -4.62. The van der Waals surface area contributed by atoms with Crippen LogP contribution in [-0.2, 0) is 21.9 Å². The second-order valence-electron chi connectivity index (χ2n) is 8.02. The lowest BCUT2D eigenvalue weighted by Gasteiger charge is -2.14. The third-order valence-electron chi connectivity index (χ3n) is 5.12. The lowest BCUT2D eigenvalue weighted by Crippen LogP contribution is -2.16. The van der Waals surface area contributed by atoms with Crippen LogP contribution >= 0.6 is 30.9 Å². The highest BCUT2D eigenvalue weighted by Crippen LogP contribution is 2.42. The molecular formula is C25H22F3N2O5PS2. The normalized spacial score (nSPS) is 12.9. The summed E-state index contributed by atoms with van der Waals surface area (Å²) in [5.74, 6) is 0.540. The summed E-state index contributed by atoms with van der Waals surface area (Å²) in [5.41, 5.74) is 6.50. The Morgan fingerprint density at radius 1 is 1.05 bits per heavy atom. The molecule has 0 bridgehead atoms. The lowest BCUT2D eigenvalue weighted by molar-refractivity contribution is -0.139. The first-order valence-electron chi connectivity index (χ1n) is 11.1. The van der Waals surface area contributed by atoms with Gasteiger partial charge in [-0.05, 0) is 35.9 Å². The Hall–Kier alpha value is -2.70. The average Bonchev–Trinajstić information content (AvgIpc) is 3.37. The van der Waals surface area contributed by atoms with Crippen molar-refractivity contribution in [2.75, 3.05) is 6.61 Å². The number of phosphoric ester groups is 1. The van der Waals surface area contributed by atoms with E-state index in [-0.39, 0.29) is 21.2 Å². The molecule has 200 valence electrons. The Morgan fingerprint density at radius 3 is 2.53 bits per heavy atom. The fraction of sp³-hybridized carbons (Fsp3) is 0.160. The van der Waals surface area contributed by atoms with Crippen LogP contribution in [0.1, 0.15) is 22.2 Å². The summed E-state index contributed by atoms with van der Waals surface area (Å²) in [6.45, 7) is -0.156. The van der Waals surface area contributed by atoms with Crippen molar-refractivity contribution in [2.45, 2.75) is 28.6 Å². The van der Waals surface area contributed by atoms with Crippen molar-refractivity contribution in [1.82, 2.24) is 4.98 Å². The van der Waals surface area contributed by atoms with Crippen molar-refractivity contribution in [3.05, 3.63) is 94.3 Å². The Morgan fingerprint density at radius 2 is 1.82 bits per heavy atom. The number of thiazole rings is 1. The van der Waals surface area contributed by atoms with Gasteiger partial charge in [-0.2, -0.15) is 13.2 Å². The minimum Gasteiger partial charge on any atom is -0.489 e. The van der Waals surface area contributed by atoms with Gasteiger partial charge in [-0.3, -0.25) is 4.52 Å². The molecule has 3 aromatic carbocycles. The van der Waals surface area contributed by atoms with Crippen molar-refractivity contribution in [2.24, 2.45) is 5.73 Å². The first-order chi connectivity index (χ1) is 18.0. The fourth-order valence-corrected chi connectivity index (χ4v) is 5.50. The molecule has 0 spiro atoms. The molecule has 4 N–H and O–H groups in total. The molecule has 0 aliphatic carbocycles. The minimum atomic E-state index is -4.71. The standard InChI is InChI=1S/C25H22F3N2O5PS2/c26-25(27,28)20-11-17(22-15-37-24(30-22)21(29)14-35-36(31,32)33)9-10-23(20)38-19-8-4-7-18(12-19)34-13-16-5-2-1-3-6-16/h1-12,15,21H,13-14,29H2,(H2,31,32,33)/t21-/m0/s1. The molecule has 0 aliphatic rings. The van der Waals surface area contributed by atoms with Gasteiger partial charge in [0.2, 0.25) is 0 Å². The van der Waals surface area contributed by atoms with Gasteiger partial charge in [0.15, 0.2) is 0 Å². The van der Waals surface area contributed by atoms with Gasteiger partial charge in [0.1, 0.15) is 17.4 Å². The molecule has 0 saturated carbocycles. The van der Waals surface area contributed by atoms with Crippen molar-refractivity contribution in [3.63, 3.8) is 0 Å². The number of rotatable bonds is 10. The van der Waals surface area contributed by atoms with E-state index in [0.29, 0.717) is 17.3 Å². The van der Waals surface area contributed by atoms with Crippen LogP contribution < -0.4 is 10.5 Å². The quantitative estimate of drug-likeness (QED) is 0.178. The number of nitrogens with zero attached hydrogens (tertiary/aromatic N) is 1. The van der Waals surface area contributed by atoms with Gasteiger partial charge in [0.25, 0.3) is 0 Å². The van der Waals surface area contributed by atoms with Crippen molar-refractivity contribution in [3.8, 4) is 17.0 Å². The molecule has 0 amide bonds. The monoisotopic (exact) mass is 582 g/mol. The van der Waals surface area contributed by atoms with E-state index < -0.39 is 32.2 Å². The van der Waals surface area contributed by atoms with Crippen LogP contribution in [0.2, 0.25) is 0 Å². The van der Waals surface area contributed by atoms with E-state index >= 15 is 0 Å². The van der Waals surface area contributed by atoms with E-state index in [9.17, 15) is 17.7 Å². The SMILES string of the molecule is N[C@@H](COP(=O)(O)O)c1nc(-c2ccc(Sc3cccc(OCc4ccccc4)c3)c(C(F)(F)F)c2)cs1. The minimum absolute atomic E-state index is 0.0173. The number of ether oxygens (including phenoxy) is 1. The Labute approximate surface area is 224 Å². The highest BCUT2D eigenvalue weighted by molar-refractivity contribution is 7.99. The molecule has 7 nitrogen and oxygen atoms in total. The number of hydrogen-bond acceptors (Lipinski definition) is 7. The van der Waals surface area contributed by atoms with E-state index in [1.54, 1.807) is 24.3 Å². The van der Waals surface area contributed by atoms with E-state index in [2.05, 4.69) is 9.51 Å². The maximum atomic E-state index is 14.0. The molecule has 1 atom stereocenters. The number of aromatic nitrogens is 1. The summed E-state index contributed by atoms with van der Waals surface area (Å²) in [5, 5.41) is 1.80. The van der Waals surface area contributed by atoms with Crippen LogP contribution in [0.15, 0.2) is 88.0 Å². The Bertz CT molecular complexity index is 1430. The van der Waals surface area contributed by atoms with Crippen LogP contribution in [0.4, 0.5) is 13.2 Å². The zero-order valence-electron chi connectivity index (χ0n) is 19.5. The molecule has 0 fully saturated rings. The second kappa shape index (κ2) is 12.0. The highest BCUT2D eigenvalue weighted by Gasteiger charge is 2.34. The maximum absolute atomic E-state index is 14.0. The van der Waals surface area contributed by atoms with Gasteiger partial charge in [0, 0.05) is 20.7 Å². The molecule has 4 aromatic rings. The molecule has 0 unspecified atom stereocenters. The summed E-state index contributed by atoms with van der Waals surface area (Å²) in [6, 6.07) is 19.4. The molecule has 0 aliphatic heterocycles. The van der Waals surface area contributed by atoms with Crippen LogP contribution in [0.25, 0.3) is 11.3 Å². The zero-order chi connectivity index (χ0) is 27.3. The summed E-state index contributed by atoms with van der Waals surface area (Å²) in [4.78, 5) is 22.5. The van der Waals surface area contributed by atoms with E-state index in [0.717, 1.165) is 34.7 Å². The van der Waals surface area contributed by atoms with Gasteiger partial charge in [0.05, 0.1) is 23.9 Å². The number of nitrogens with two attached hydrogens (primary N) is 1. The first kappa shape index (κ1) is 28.3. The number of benzene rings is 3. The van der Waals surface area contributed by atoms with Crippen LogP contribution in [0.5, 0.6) is 5.75 Å². The van der Waals surface area contributed by atoms with Crippen molar-refractivity contribution in [1.29, 1.82) is 0 Å². The Kier molecular flexibility index (Phi) is 8.94. The fourth-order valence-electron chi connectivity index (χ4n) is 3.33. The molecular weight excluding hydrogens is 560 g/mol. The van der Waals surface area contributed by atoms with Gasteiger partial charge < -0.3 is 20.3 Å². The van der Waals surface area contributed by atoms with Crippen LogP contribution in [-0.4, -0.2) is 21.4 Å². The average molecular weight is 583 g/mol. The summed E-state index contributed by atoms with van der Waals surface area (Å²) in [7, 11) is -4.71. The largest absolute Gasteiger partial charge is 0.489 e. The number of halogens is 3. The van der Waals surface area contributed by atoms with Crippen LogP contribution in [0, 0.1) is 0 Å². The van der Waals surface area contributed by atoms with Gasteiger partial charge in [-0.15, -0.1) is 11.3 Å². The van der Waals surface area contributed by atoms with E-state index in [4.69, 9.17) is 20.3 Å². The predicted octanol–water partition coefficient (Wildman–Crippen LogP) is 6.67. The highest BCUT2D eigenvalue weighted by atomic mass is 32.2. The molecule has 1 heterocycles. The number of hydrogen-bond donors (Lipinski definition) is 3. The van der Waals surface area contributed by atoms with Gasteiger partial charge in [-0.25, -0.2) is 9.55 Å². The summed E-state index contributed by atoms with van der Waals surface area (Å²) < 4.78 is 63.1. The third kappa shape index (κ3) is 7.90. The molecule has 1 aromatic heterocycles. The molecule has 38 heavy (non-hydrogen) atoms. The Balaban J connectivity index is 1.52. The van der Waals surface area contributed by atoms with Gasteiger partial charge >= 0.3 is 14.0 Å². The zero-order valence-corrected chi connectivity index (χ0v) is 22.1. The second-order valence-corrected chi connectivity index (χ2v) is 11.3. The maximum Gasteiger partial charge on any atom is 0.469 e. The van der Waals surface area contributed by atoms with E-state index in [1.165, 1.54) is 17.5 Å². The predicted molar refractivity (Wildman–Crippen MR) is 139 cm³/mol. The van der Waals surface area contributed by atoms with E-state index in [1.807, 2.05) is 30.3 Å². The molecule has 0 saturated heterocycles. The number of phosphoric acid groups is 1. The topological polar surface area (TPSA) is 115 Å². The lowest BCUT2D eigenvalue weighted by atomic mass is 10.1. The molecule has 13 heteroatoms. The van der Waals surface area contributed by atoms with Crippen molar-refractivity contribution < 1.29 is 36.8 Å². The third-order valence-corrected chi connectivity index (χ3v) is 7.65. The van der Waals surface area contributed by atoms with Crippen LogP contribution in [0.3, 0.4) is 0 Å². The first-order valence-corrected chi connectivity index (χ1v) is 14.3. The smallest absolute Gasteiger partial charge is 0.469 e. The number of alkyl halides is 3.